The predicted octanol–water partition coefficient (Wildman–Crippen LogP) is 3.92. The van der Waals surface area contributed by atoms with Crippen molar-refractivity contribution in [1.29, 1.82) is 0 Å². The number of halogens is 2. The van der Waals surface area contributed by atoms with Gasteiger partial charge in [-0.05, 0) is 69.2 Å². The lowest BCUT2D eigenvalue weighted by Crippen LogP contribution is -2.26. The molecule has 1 heterocycles. The van der Waals surface area contributed by atoms with E-state index in [1.165, 1.54) is 18.0 Å². The van der Waals surface area contributed by atoms with Gasteiger partial charge in [-0.3, -0.25) is 4.79 Å². The molecule has 3 rings (SSSR count). The minimum absolute atomic E-state index is 0.159. The van der Waals surface area contributed by atoms with E-state index in [2.05, 4.69) is 30.9 Å². The first-order valence-electron chi connectivity index (χ1n) is 10.3. The van der Waals surface area contributed by atoms with E-state index >= 15 is 0 Å². The number of nitrogens with zero attached hydrogens (tertiary/aromatic N) is 1. The molecule has 0 amide bonds. The Labute approximate surface area is 195 Å². The highest BCUT2D eigenvalue weighted by Gasteiger charge is 2.45. The van der Waals surface area contributed by atoms with Crippen LogP contribution in [0.15, 0.2) is 45.3 Å². The summed E-state index contributed by atoms with van der Waals surface area (Å²) in [5, 5.41) is 22.3. The predicted molar refractivity (Wildman–Crippen MR) is 126 cm³/mol. The Kier molecular flexibility index (Phi) is 8.07. The van der Waals surface area contributed by atoms with Gasteiger partial charge in [-0.15, -0.1) is 0 Å². The fourth-order valence-electron chi connectivity index (χ4n) is 3.66. The fraction of sp³-hybridized carbons (Fsp3) is 0.500. The van der Waals surface area contributed by atoms with Crippen molar-refractivity contribution in [3.05, 3.63) is 51.2 Å². The summed E-state index contributed by atoms with van der Waals surface area (Å²) < 4.78 is 18.5. The van der Waals surface area contributed by atoms with E-state index in [1.807, 2.05) is 7.05 Å². The molecule has 0 bridgehead atoms. The number of benzene rings is 1. The summed E-state index contributed by atoms with van der Waals surface area (Å²) in [6.07, 6.45) is 4.19. The molecule has 31 heavy (non-hydrogen) atoms. The molecule has 1 aromatic rings. The van der Waals surface area contributed by atoms with Crippen LogP contribution >= 0.6 is 27.9 Å². The number of aliphatic hydroxyl groups is 2. The molecule has 1 saturated carbocycles. The molecule has 1 aliphatic carbocycles. The zero-order chi connectivity index (χ0) is 22.6. The Balaban J connectivity index is 1.93. The van der Waals surface area contributed by atoms with Gasteiger partial charge in [-0.1, -0.05) is 15.9 Å². The number of carbonyl (C=O) groups excluding carboxylic acids is 1. The van der Waals surface area contributed by atoms with Crippen LogP contribution in [0, 0.1) is 5.82 Å². The summed E-state index contributed by atoms with van der Waals surface area (Å²) in [5.74, 6) is -0.424. The third-order valence-corrected chi connectivity index (χ3v) is 7.47. The first kappa shape index (κ1) is 24.1. The number of allylic oxidation sites excluding steroid dienone is 2. The SMILES string of the molecule is C/C(C=O)=C(Nc1ccc(Br)cc1F)/C(NSC1(CC(O)CO)CC1)=C1/CCCN1C. The largest absolute Gasteiger partial charge is 0.394 e. The Morgan fingerprint density at radius 2 is 2.19 bits per heavy atom. The Morgan fingerprint density at radius 1 is 1.45 bits per heavy atom. The molecule has 1 unspecified atom stereocenters. The van der Waals surface area contributed by atoms with Gasteiger partial charge in [0.2, 0.25) is 0 Å². The number of hydrogen-bond acceptors (Lipinski definition) is 7. The summed E-state index contributed by atoms with van der Waals surface area (Å²) in [7, 11) is 2.01. The lowest BCUT2D eigenvalue weighted by atomic mass is 10.1. The average Bonchev–Trinajstić information content (AvgIpc) is 3.38. The molecule has 1 atom stereocenters. The number of aldehydes is 1. The lowest BCUT2D eigenvalue weighted by Gasteiger charge is -2.26. The van der Waals surface area contributed by atoms with Gasteiger partial charge in [0.25, 0.3) is 0 Å². The van der Waals surface area contributed by atoms with E-state index in [0.717, 1.165) is 49.9 Å². The molecule has 0 spiro atoms. The molecule has 6 nitrogen and oxygen atoms in total. The normalized spacial score (nSPS) is 20.8. The first-order chi connectivity index (χ1) is 14.8. The monoisotopic (exact) mass is 513 g/mol. The molecule has 9 heteroatoms. The smallest absolute Gasteiger partial charge is 0.147 e. The number of carbonyl (C=O) groups is 1. The van der Waals surface area contributed by atoms with Gasteiger partial charge in [-0.2, -0.15) is 0 Å². The third-order valence-electron chi connectivity index (χ3n) is 5.66. The highest BCUT2D eigenvalue weighted by Crippen LogP contribution is 2.51. The highest BCUT2D eigenvalue weighted by molar-refractivity contribution is 9.10. The van der Waals surface area contributed by atoms with Gasteiger partial charge in [0.15, 0.2) is 0 Å². The van der Waals surface area contributed by atoms with Crippen molar-refractivity contribution in [2.45, 2.75) is 49.9 Å². The van der Waals surface area contributed by atoms with Crippen molar-refractivity contribution in [3.8, 4) is 0 Å². The van der Waals surface area contributed by atoms with Crippen molar-refractivity contribution in [3.63, 3.8) is 0 Å². The Bertz CT molecular complexity index is 889. The van der Waals surface area contributed by atoms with Gasteiger partial charge in [-0.25, -0.2) is 4.39 Å². The summed E-state index contributed by atoms with van der Waals surface area (Å²) in [4.78, 5) is 13.9. The summed E-state index contributed by atoms with van der Waals surface area (Å²) in [5.41, 5.74) is 3.07. The maximum absolute atomic E-state index is 14.6. The topological polar surface area (TPSA) is 84.8 Å². The lowest BCUT2D eigenvalue weighted by molar-refractivity contribution is -0.104. The maximum atomic E-state index is 14.6. The Morgan fingerprint density at radius 3 is 2.74 bits per heavy atom. The van der Waals surface area contributed by atoms with E-state index in [4.69, 9.17) is 0 Å². The van der Waals surface area contributed by atoms with E-state index in [0.29, 0.717) is 22.2 Å². The maximum Gasteiger partial charge on any atom is 0.147 e. The summed E-state index contributed by atoms with van der Waals surface area (Å²) in [6.45, 7) is 2.34. The molecular formula is C22H29BrFN3O3S. The van der Waals surface area contributed by atoms with Crippen LogP contribution in [0.1, 0.15) is 39.0 Å². The Hall–Kier alpha value is -1.55. The van der Waals surface area contributed by atoms with E-state index < -0.39 is 11.9 Å². The molecule has 1 aromatic carbocycles. The van der Waals surface area contributed by atoms with Crippen molar-refractivity contribution in [2.24, 2.45) is 0 Å². The number of hydrogen-bond donors (Lipinski definition) is 4. The van der Waals surface area contributed by atoms with E-state index in [-0.39, 0.29) is 17.0 Å². The van der Waals surface area contributed by atoms with Crippen LogP contribution < -0.4 is 10.0 Å². The van der Waals surface area contributed by atoms with Gasteiger partial charge in [0.1, 0.15) is 12.1 Å². The van der Waals surface area contributed by atoms with Crippen LogP contribution in [-0.4, -0.2) is 52.4 Å². The fourth-order valence-corrected chi connectivity index (χ4v) is 5.12. The van der Waals surface area contributed by atoms with Crippen LogP contribution in [0.2, 0.25) is 0 Å². The molecular weight excluding hydrogens is 485 g/mol. The molecule has 0 radical (unpaired) electrons. The molecule has 0 aromatic heterocycles. The quantitative estimate of drug-likeness (QED) is 0.214. The number of nitrogens with one attached hydrogen (secondary N) is 2. The van der Waals surface area contributed by atoms with Crippen molar-refractivity contribution < 1.29 is 19.4 Å². The van der Waals surface area contributed by atoms with E-state index in [1.54, 1.807) is 19.1 Å². The molecule has 4 N–H and O–H groups in total. The number of rotatable bonds is 10. The van der Waals surface area contributed by atoms with Crippen LogP contribution in [-0.2, 0) is 4.79 Å². The average molecular weight is 514 g/mol. The first-order valence-corrected chi connectivity index (χ1v) is 12.0. The number of aliphatic hydroxyl groups excluding tert-OH is 2. The van der Waals surface area contributed by atoms with Crippen molar-refractivity contribution in [2.75, 3.05) is 25.5 Å². The molecule has 1 saturated heterocycles. The van der Waals surface area contributed by atoms with Crippen LogP contribution in [0.3, 0.4) is 0 Å². The van der Waals surface area contributed by atoms with Crippen LogP contribution in [0.25, 0.3) is 0 Å². The molecule has 1 aliphatic heterocycles. The summed E-state index contributed by atoms with van der Waals surface area (Å²) >= 11 is 4.78. The number of likely N-dealkylation sites (tertiary alicyclic amines) is 1. The van der Waals surface area contributed by atoms with E-state index in [9.17, 15) is 19.4 Å². The molecule has 170 valence electrons. The second-order valence-electron chi connectivity index (χ2n) is 8.20. The second-order valence-corrected chi connectivity index (χ2v) is 10.4. The zero-order valence-electron chi connectivity index (χ0n) is 17.8. The van der Waals surface area contributed by atoms with Crippen molar-refractivity contribution >= 4 is 39.9 Å². The van der Waals surface area contributed by atoms with Gasteiger partial charge in [0.05, 0.1) is 29.8 Å². The zero-order valence-corrected chi connectivity index (χ0v) is 20.2. The van der Waals surface area contributed by atoms with Crippen LogP contribution in [0.4, 0.5) is 10.1 Å². The third kappa shape index (κ3) is 6.03. The molecule has 2 aliphatic rings. The number of anilines is 1. The highest BCUT2D eigenvalue weighted by atomic mass is 79.9. The van der Waals surface area contributed by atoms with Crippen molar-refractivity contribution in [1.82, 2.24) is 9.62 Å². The van der Waals surface area contributed by atoms with Gasteiger partial charge in [0, 0.05) is 34.1 Å². The standard InChI is InChI=1S/C22H29BrFN3O3S/c1-14(12-28)20(25-18-6-5-15(23)10-17(18)24)21(19-4-3-9-27(19)2)26-31-22(7-8-22)11-16(30)13-29/h5-6,10,12,16,25-26,29-30H,3-4,7-9,11,13H2,1-2H3/b20-14+,21-19+. The summed E-state index contributed by atoms with van der Waals surface area (Å²) in [6, 6.07) is 4.75. The van der Waals surface area contributed by atoms with Crippen LogP contribution in [0.5, 0.6) is 0 Å². The van der Waals surface area contributed by atoms with Gasteiger partial charge < -0.3 is 25.2 Å². The minimum atomic E-state index is -0.760. The molecule has 2 fully saturated rings. The van der Waals surface area contributed by atoms with Gasteiger partial charge >= 0.3 is 0 Å². The minimum Gasteiger partial charge on any atom is -0.394 e. The second kappa shape index (κ2) is 10.4.